The lowest BCUT2D eigenvalue weighted by atomic mass is 10.0. The lowest BCUT2D eigenvalue weighted by molar-refractivity contribution is -0.140. The van der Waals surface area contributed by atoms with Crippen molar-refractivity contribution < 1.29 is 31.9 Å². The first kappa shape index (κ1) is 16.1. The Bertz CT molecular complexity index is 509. The van der Waals surface area contributed by atoms with Gasteiger partial charge in [0, 0.05) is 18.4 Å². The average Bonchev–Trinajstić information content (AvgIpc) is 2.36. The molecule has 0 saturated carbocycles. The normalized spacial score (nSPS) is 11.2. The van der Waals surface area contributed by atoms with E-state index in [1.54, 1.807) is 0 Å². The van der Waals surface area contributed by atoms with Gasteiger partial charge in [-0.15, -0.1) is 0 Å². The number of hydrogen-bond donors (Lipinski definition) is 0. The Balaban J connectivity index is 2.78. The van der Waals surface area contributed by atoms with Crippen molar-refractivity contribution in [2.75, 3.05) is 7.11 Å². The summed E-state index contributed by atoms with van der Waals surface area (Å²) in [5.74, 6) is -2.30. The monoisotopic (exact) mass is 292 g/mol. The molecule has 110 valence electrons. The molecule has 0 saturated heterocycles. The van der Waals surface area contributed by atoms with Gasteiger partial charge in [0.15, 0.2) is 5.78 Å². The fourth-order valence-electron chi connectivity index (χ4n) is 1.55. The number of alkyl halides is 3. The van der Waals surface area contributed by atoms with Crippen LogP contribution in [0, 0.1) is 5.82 Å². The molecule has 0 aromatic heterocycles. The van der Waals surface area contributed by atoms with Gasteiger partial charge < -0.3 is 4.74 Å². The summed E-state index contributed by atoms with van der Waals surface area (Å²) in [6.45, 7) is 0. The molecule has 0 heterocycles. The molecule has 1 rings (SSSR count). The number of carbonyl (C=O) groups excluding carboxylic acids is 2. The Morgan fingerprint density at radius 2 is 1.80 bits per heavy atom. The molecule has 0 bridgehead atoms. The predicted octanol–water partition coefficient (Wildman–Crippen LogP) is 3.37. The molecular formula is C13H12F4O3. The van der Waals surface area contributed by atoms with Crippen LogP contribution in [0.4, 0.5) is 17.6 Å². The van der Waals surface area contributed by atoms with E-state index < -0.39 is 29.3 Å². The minimum Gasteiger partial charge on any atom is -0.469 e. The number of benzene rings is 1. The van der Waals surface area contributed by atoms with E-state index in [0.717, 1.165) is 6.07 Å². The quantitative estimate of drug-likeness (QED) is 0.475. The summed E-state index contributed by atoms with van der Waals surface area (Å²) in [5.41, 5.74) is -1.57. The maximum absolute atomic E-state index is 13.1. The van der Waals surface area contributed by atoms with E-state index in [-0.39, 0.29) is 24.8 Å². The molecule has 7 heteroatoms. The standard InChI is InChI=1S/C13H12F4O3/c1-20-12(19)4-2-3-11(18)8-5-9(13(15,16)17)7-10(14)6-8/h5-7H,2-4H2,1H3. The van der Waals surface area contributed by atoms with Crippen LogP contribution in [0.3, 0.4) is 0 Å². The van der Waals surface area contributed by atoms with Gasteiger partial charge in [-0.3, -0.25) is 9.59 Å². The number of halogens is 4. The molecule has 0 radical (unpaired) electrons. The number of carbonyl (C=O) groups is 2. The second-order valence-corrected chi connectivity index (χ2v) is 4.08. The maximum Gasteiger partial charge on any atom is 0.416 e. The van der Waals surface area contributed by atoms with Crippen LogP contribution in [-0.4, -0.2) is 18.9 Å². The highest BCUT2D eigenvalue weighted by Crippen LogP contribution is 2.30. The fraction of sp³-hybridized carbons (Fsp3) is 0.385. The van der Waals surface area contributed by atoms with Crippen LogP contribution in [0.1, 0.15) is 35.2 Å². The third kappa shape index (κ3) is 4.64. The van der Waals surface area contributed by atoms with Gasteiger partial charge in [0.1, 0.15) is 5.82 Å². The van der Waals surface area contributed by atoms with E-state index in [0.29, 0.717) is 12.1 Å². The highest BCUT2D eigenvalue weighted by Gasteiger charge is 2.31. The van der Waals surface area contributed by atoms with E-state index in [1.165, 1.54) is 7.11 Å². The van der Waals surface area contributed by atoms with Crippen molar-refractivity contribution in [3.63, 3.8) is 0 Å². The highest BCUT2D eigenvalue weighted by atomic mass is 19.4. The summed E-state index contributed by atoms with van der Waals surface area (Å²) in [6, 6.07) is 1.67. The number of hydrogen-bond acceptors (Lipinski definition) is 3. The van der Waals surface area contributed by atoms with Crippen molar-refractivity contribution in [1.82, 2.24) is 0 Å². The van der Waals surface area contributed by atoms with Crippen molar-refractivity contribution in [3.8, 4) is 0 Å². The van der Waals surface area contributed by atoms with Gasteiger partial charge in [-0.25, -0.2) is 4.39 Å². The molecule has 0 unspecified atom stereocenters. The van der Waals surface area contributed by atoms with Crippen molar-refractivity contribution in [3.05, 3.63) is 35.1 Å². The molecule has 3 nitrogen and oxygen atoms in total. The Morgan fingerprint density at radius 1 is 1.15 bits per heavy atom. The number of Topliss-reactive ketones (excluding diaryl/α,β-unsaturated/α-hetero) is 1. The largest absolute Gasteiger partial charge is 0.469 e. The van der Waals surface area contributed by atoms with Gasteiger partial charge in [0.2, 0.25) is 0 Å². The first-order chi connectivity index (χ1) is 9.24. The Labute approximate surface area is 112 Å². The minimum absolute atomic E-state index is 0.0241. The van der Waals surface area contributed by atoms with Gasteiger partial charge in [0.05, 0.1) is 12.7 Å². The lowest BCUT2D eigenvalue weighted by Crippen LogP contribution is -2.09. The number of methoxy groups -OCH3 is 1. The second kappa shape index (κ2) is 6.49. The van der Waals surface area contributed by atoms with Gasteiger partial charge in [-0.05, 0) is 24.6 Å². The first-order valence-corrected chi connectivity index (χ1v) is 5.72. The average molecular weight is 292 g/mol. The van der Waals surface area contributed by atoms with Crippen molar-refractivity contribution in [2.45, 2.75) is 25.4 Å². The van der Waals surface area contributed by atoms with E-state index in [9.17, 15) is 27.2 Å². The van der Waals surface area contributed by atoms with Crippen LogP contribution in [0.15, 0.2) is 18.2 Å². The summed E-state index contributed by atoms with van der Waals surface area (Å²) >= 11 is 0. The third-order valence-corrected chi connectivity index (χ3v) is 2.56. The molecule has 0 fully saturated rings. The SMILES string of the molecule is COC(=O)CCCC(=O)c1cc(F)cc(C(F)(F)F)c1. The summed E-state index contributed by atoms with van der Waals surface area (Å²) in [4.78, 5) is 22.5. The van der Waals surface area contributed by atoms with Gasteiger partial charge >= 0.3 is 12.1 Å². The molecule has 0 atom stereocenters. The Morgan fingerprint density at radius 3 is 2.35 bits per heavy atom. The van der Waals surface area contributed by atoms with Gasteiger partial charge in [-0.2, -0.15) is 13.2 Å². The molecule has 0 amide bonds. The third-order valence-electron chi connectivity index (χ3n) is 2.56. The second-order valence-electron chi connectivity index (χ2n) is 4.08. The highest BCUT2D eigenvalue weighted by molar-refractivity contribution is 5.96. The van der Waals surface area contributed by atoms with Crippen LogP contribution < -0.4 is 0 Å². The van der Waals surface area contributed by atoms with Crippen LogP contribution in [-0.2, 0) is 15.7 Å². The smallest absolute Gasteiger partial charge is 0.416 e. The minimum atomic E-state index is -4.72. The van der Waals surface area contributed by atoms with Crippen molar-refractivity contribution in [2.24, 2.45) is 0 Å². The molecule has 0 aliphatic heterocycles. The number of ether oxygens (including phenoxy) is 1. The zero-order valence-electron chi connectivity index (χ0n) is 10.6. The molecule has 1 aromatic rings. The van der Waals surface area contributed by atoms with E-state index in [4.69, 9.17) is 0 Å². The zero-order valence-corrected chi connectivity index (χ0v) is 10.6. The molecule has 20 heavy (non-hydrogen) atoms. The summed E-state index contributed by atoms with van der Waals surface area (Å²) in [7, 11) is 1.19. The first-order valence-electron chi connectivity index (χ1n) is 5.72. The molecule has 0 spiro atoms. The van der Waals surface area contributed by atoms with Crippen LogP contribution in [0.2, 0.25) is 0 Å². The molecule has 0 N–H and O–H groups in total. The number of ketones is 1. The topological polar surface area (TPSA) is 43.4 Å². The van der Waals surface area contributed by atoms with E-state index >= 15 is 0 Å². The zero-order chi connectivity index (χ0) is 15.3. The maximum atomic E-state index is 13.1. The van der Waals surface area contributed by atoms with E-state index in [2.05, 4.69) is 4.74 Å². The molecule has 0 aliphatic rings. The van der Waals surface area contributed by atoms with Crippen LogP contribution in [0.25, 0.3) is 0 Å². The number of rotatable bonds is 5. The van der Waals surface area contributed by atoms with Gasteiger partial charge in [0.25, 0.3) is 0 Å². The van der Waals surface area contributed by atoms with Gasteiger partial charge in [-0.1, -0.05) is 0 Å². The summed E-state index contributed by atoms with van der Waals surface area (Å²) < 4.78 is 54.9. The summed E-state index contributed by atoms with van der Waals surface area (Å²) in [6.07, 6.45) is -4.77. The lowest BCUT2D eigenvalue weighted by Gasteiger charge is -2.09. The molecule has 1 aromatic carbocycles. The number of esters is 1. The van der Waals surface area contributed by atoms with Crippen LogP contribution >= 0.6 is 0 Å². The Kier molecular flexibility index (Phi) is 5.24. The molecular weight excluding hydrogens is 280 g/mol. The van der Waals surface area contributed by atoms with Crippen LogP contribution in [0.5, 0.6) is 0 Å². The Hall–Kier alpha value is -1.92. The van der Waals surface area contributed by atoms with Crippen molar-refractivity contribution in [1.29, 1.82) is 0 Å². The van der Waals surface area contributed by atoms with Crippen molar-refractivity contribution >= 4 is 11.8 Å². The molecule has 0 aliphatic carbocycles. The summed E-state index contributed by atoms with van der Waals surface area (Å²) in [5, 5.41) is 0. The fourth-order valence-corrected chi connectivity index (χ4v) is 1.55. The predicted molar refractivity (Wildman–Crippen MR) is 61.6 cm³/mol. The van der Waals surface area contributed by atoms with E-state index in [1.807, 2.05) is 0 Å².